The van der Waals surface area contributed by atoms with E-state index in [0.717, 1.165) is 48.8 Å². The van der Waals surface area contributed by atoms with E-state index in [1.807, 2.05) is 37.3 Å². The predicted octanol–water partition coefficient (Wildman–Crippen LogP) is 2.47. The van der Waals surface area contributed by atoms with E-state index < -0.39 is 0 Å². The van der Waals surface area contributed by atoms with Gasteiger partial charge in [-0.15, -0.1) is 0 Å². The van der Waals surface area contributed by atoms with Crippen molar-refractivity contribution in [3.63, 3.8) is 0 Å². The van der Waals surface area contributed by atoms with Crippen molar-refractivity contribution in [2.24, 2.45) is 0 Å². The Morgan fingerprint density at radius 2 is 1.64 bits per heavy atom. The van der Waals surface area contributed by atoms with Gasteiger partial charge in [0.2, 0.25) is 5.82 Å². The van der Waals surface area contributed by atoms with Crippen LogP contribution in [0.15, 0.2) is 41.2 Å². The van der Waals surface area contributed by atoms with Gasteiger partial charge in [0.05, 0.1) is 0 Å². The molecule has 0 unspecified atom stereocenters. The monoisotopic (exact) mass is 336 g/mol. The van der Waals surface area contributed by atoms with Gasteiger partial charge in [0, 0.05) is 43.0 Å². The molecule has 3 heterocycles. The highest BCUT2D eigenvalue weighted by Crippen LogP contribution is 2.23. The summed E-state index contributed by atoms with van der Waals surface area (Å²) in [6.45, 7) is 7.44. The van der Waals surface area contributed by atoms with Gasteiger partial charge in [-0.1, -0.05) is 35.5 Å². The van der Waals surface area contributed by atoms with Gasteiger partial charge in [-0.05, 0) is 13.8 Å². The van der Waals surface area contributed by atoms with Crippen LogP contribution < -0.4 is 9.80 Å². The van der Waals surface area contributed by atoms with Crippen molar-refractivity contribution >= 4 is 11.8 Å². The average Bonchev–Trinajstić information content (AvgIpc) is 3.15. The quantitative estimate of drug-likeness (QED) is 0.727. The van der Waals surface area contributed by atoms with Crippen LogP contribution in [-0.4, -0.2) is 46.3 Å². The Hall–Kier alpha value is -2.96. The zero-order valence-corrected chi connectivity index (χ0v) is 14.4. The van der Waals surface area contributed by atoms with Gasteiger partial charge in [0.15, 0.2) is 0 Å². The van der Waals surface area contributed by atoms with Crippen molar-refractivity contribution in [1.82, 2.24) is 20.1 Å². The third kappa shape index (κ3) is 3.05. The molecule has 0 aliphatic carbocycles. The second kappa shape index (κ2) is 6.51. The van der Waals surface area contributed by atoms with Gasteiger partial charge < -0.3 is 14.3 Å². The van der Waals surface area contributed by atoms with Gasteiger partial charge in [-0.3, -0.25) is 0 Å². The Labute approximate surface area is 146 Å². The first kappa shape index (κ1) is 15.6. The smallest absolute Gasteiger partial charge is 0.324 e. The molecule has 1 aliphatic heterocycles. The van der Waals surface area contributed by atoms with Crippen molar-refractivity contribution in [3.8, 4) is 11.4 Å². The lowest BCUT2D eigenvalue weighted by atomic mass is 10.2. The fourth-order valence-corrected chi connectivity index (χ4v) is 3.00. The second-order valence-electron chi connectivity index (χ2n) is 6.15. The van der Waals surface area contributed by atoms with Crippen LogP contribution >= 0.6 is 0 Å². The largest absolute Gasteiger partial charge is 0.353 e. The Bertz CT molecular complexity index is 855. The van der Waals surface area contributed by atoms with E-state index in [-0.39, 0.29) is 0 Å². The molecule has 3 aromatic rings. The number of aromatic nitrogens is 4. The number of hydrogen-bond donors (Lipinski definition) is 0. The van der Waals surface area contributed by atoms with E-state index >= 15 is 0 Å². The summed E-state index contributed by atoms with van der Waals surface area (Å²) in [5, 5.41) is 4.10. The molecule has 7 heteroatoms. The highest BCUT2D eigenvalue weighted by atomic mass is 16.5. The zero-order chi connectivity index (χ0) is 17.2. The third-order valence-electron chi connectivity index (χ3n) is 4.61. The Morgan fingerprint density at radius 1 is 0.920 bits per heavy atom. The summed E-state index contributed by atoms with van der Waals surface area (Å²) < 4.78 is 5.46. The first-order chi connectivity index (χ1) is 12.2. The number of nitrogens with zero attached hydrogens (tertiary/aromatic N) is 6. The topological polar surface area (TPSA) is 71.2 Å². The number of piperazine rings is 1. The van der Waals surface area contributed by atoms with Crippen LogP contribution in [-0.2, 0) is 0 Å². The van der Waals surface area contributed by atoms with E-state index in [1.165, 1.54) is 0 Å². The molecule has 1 fully saturated rings. The van der Waals surface area contributed by atoms with E-state index in [4.69, 9.17) is 4.52 Å². The summed E-state index contributed by atoms with van der Waals surface area (Å²) in [5.41, 5.74) is 3.13. The molecule has 0 N–H and O–H groups in total. The molecule has 4 rings (SSSR count). The van der Waals surface area contributed by atoms with Crippen LogP contribution in [0, 0.1) is 13.8 Å². The molecule has 0 saturated carbocycles. The molecule has 0 bridgehead atoms. The molecule has 1 saturated heterocycles. The SMILES string of the molecule is Cc1ncnc(N2CCN(c3nc(-c4ccccc4)no3)CC2)c1C. The van der Waals surface area contributed by atoms with Crippen LogP contribution in [0.4, 0.5) is 11.8 Å². The van der Waals surface area contributed by atoms with Gasteiger partial charge in [-0.2, -0.15) is 4.98 Å². The molecule has 1 aliphatic rings. The summed E-state index contributed by atoms with van der Waals surface area (Å²) in [7, 11) is 0. The molecular weight excluding hydrogens is 316 g/mol. The summed E-state index contributed by atoms with van der Waals surface area (Å²) in [4.78, 5) is 17.6. The normalized spacial score (nSPS) is 14.8. The fourth-order valence-electron chi connectivity index (χ4n) is 3.00. The fraction of sp³-hybridized carbons (Fsp3) is 0.333. The maximum Gasteiger partial charge on any atom is 0.324 e. The zero-order valence-electron chi connectivity index (χ0n) is 14.4. The number of rotatable bonds is 3. The Morgan fingerprint density at radius 3 is 2.40 bits per heavy atom. The highest BCUT2D eigenvalue weighted by molar-refractivity contribution is 5.55. The van der Waals surface area contributed by atoms with Gasteiger partial charge in [0.1, 0.15) is 12.1 Å². The van der Waals surface area contributed by atoms with Crippen LogP contribution in [0.1, 0.15) is 11.3 Å². The van der Waals surface area contributed by atoms with E-state index in [9.17, 15) is 0 Å². The summed E-state index contributed by atoms with van der Waals surface area (Å²) in [6, 6.07) is 10.4. The van der Waals surface area contributed by atoms with Crippen molar-refractivity contribution in [2.45, 2.75) is 13.8 Å². The van der Waals surface area contributed by atoms with Gasteiger partial charge in [0.25, 0.3) is 0 Å². The van der Waals surface area contributed by atoms with E-state index in [2.05, 4.69) is 36.8 Å². The van der Waals surface area contributed by atoms with Crippen LogP contribution in [0.25, 0.3) is 11.4 Å². The minimum atomic E-state index is 0.578. The van der Waals surface area contributed by atoms with Crippen molar-refractivity contribution < 1.29 is 4.52 Å². The summed E-state index contributed by atoms with van der Waals surface area (Å²) >= 11 is 0. The molecule has 128 valence electrons. The number of benzene rings is 1. The molecule has 1 aromatic carbocycles. The van der Waals surface area contributed by atoms with Crippen LogP contribution in [0.2, 0.25) is 0 Å². The number of aryl methyl sites for hydroxylation is 1. The van der Waals surface area contributed by atoms with Crippen molar-refractivity contribution in [3.05, 3.63) is 47.9 Å². The lowest BCUT2D eigenvalue weighted by Crippen LogP contribution is -2.47. The van der Waals surface area contributed by atoms with Crippen molar-refractivity contribution in [1.29, 1.82) is 0 Å². The first-order valence-corrected chi connectivity index (χ1v) is 8.39. The molecule has 0 atom stereocenters. The van der Waals surface area contributed by atoms with Crippen LogP contribution in [0.3, 0.4) is 0 Å². The van der Waals surface area contributed by atoms with E-state index in [0.29, 0.717) is 11.8 Å². The third-order valence-corrected chi connectivity index (χ3v) is 4.61. The predicted molar refractivity (Wildman–Crippen MR) is 95.7 cm³/mol. The lowest BCUT2D eigenvalue weighted by Gasteiger charge is -2.35. The minimum absolute atomic E-state index is 0.578. The second-order valence-corrected chi connectivity index (χ2v) is 6.15. The summed E-state index contributed by atoms with van der Waals surface area (Å²) in [6.07, 6.45) is 1.63. The Kier molecular flexibility index (Phi) is 4.05. The number of hydrogen-bond acceptors (Lipinski definition) is 7. The molecule has 0 amide bonds. The maximum atomic E-state index is 5.46. The molecule has 7 nitrogen and oxygen atoms in total. The van der Waals surface area contributed by atoms with E-state index in [1.54, 1.807) is 6.33 Å². The Balaban J connectivity index is 1.46. The number of anilines is 2. The van der Waals surface area contributed by atoms with Gasteiger partial charge >= 0.3 is 6.01 Å². The standard InChI is InChI=1S/C18H20N6O/c1-13-14(2)19-12-20-17(13)23-8-10-24(11-9-23)18-21-16(22-25-18)15-6-4-3-5-7-15/h3-7,12H,8-11H2,1-2H3. The average molecular weight is 336 g/mol. The van der Waals surface area contributed by atoms with Crippen molar-refractivity contribution in [2.75, 3.05) is 36.0 Å². The van der Waals surface area contributed by atoms with Crippen LogP contribution in [0.5, 0.6) is 0 Å². The summed E-state index contributed by atoms with van der Waals surface area (Å²) in [5.74, 6) is 1.64. The molecular formula is C18H20N6O. The molecule has 0 radical (unpaired) electrons. The molecule has 2 aromatic heterocycles. The molecule has 25 heavy (non-hydrogen) atoms. The highest BCUT2D eigenvalue weighted by Gasteiger charge is 2.23. The maximum absolute atomic E-state index is 5.46. The minimum Gasteiger partial charge on any atom is -0.353 e. The lowest BCUT2D eigenvalue weighted by molar-refractivity contribution is 0.409. The molecule has 0 spiro atoms. The van der Waals surface area contributed by atoms with Gasteiger partial charge in [-0.25, -0.2) is 9.97 Å². The first-order valence-electron chi connectivity index (χ1n) is 8.39.